The lowest BCUT2D eigenvalue weighted by atomic mass is 9.99. The minimum atomic E-state index is -0.577. The number of ether oxygens (including phenoxy) is 2. The van der Waals surface area contributed by atoms with Crippen LogP contribution in [-0.2, 0) is 14.3 Å². The molecule has 1 aromatic heterocycles. The van der Waals surface area contributed by atoms with Crippen LogP contribution in [0.5, 0.6) is 0 Å². The number of hydrogen-bond donors (Lipinski definition) is 1. The average molecular weight is 490 g/mol. The van der Waals surface area contributed by atoms with Crippen LogP contribution in [0.4, 0.5) is 4.79 Å². The highest BCUT2D eigenvalue weighted by atomic mass is 16.6. The van der Waals surface area contributed by atoms with Gasteiger partial charge >= 0.3 is 12.1 Å². The summed E-state index contributed by atoms with van der Waals surface area (Å²) < 4.78 is 10.4. The fraction of sp³-hybridized carbons (Fsp3) is 0.357. The summed E-state index contributed by atoms with van der Waals surface area (Å²) in [6.45, 7) is 6.78. The molecule has 188 valence electrons. The number of benzene rings is 2. The smallest absolute Gasteiger partial charge is 0.409 e. The molecule has 0 saturated carbocycles. The lowest BCUT2D eigenvalue weighted by Gasteiger charge is -2.31. The number of fused-ring (bicyclic) bond motifs is 1. The molecule has 4 rings (SSSR count). The Morgan fingerprint density at radius 1 is 1.03 bits per heavy atom. The van der Waals surface area contributed by atoms with Crippen molar-refractivity contribution in [3.63, 3.8) is 0 Å². The first kappa shape index (κ1) is 25.2. The van der Waals surface area contributed by atoms with Crippen molar-refractivity contribution in [1.29, 1.82) is 0 Å². The second-order valence-corrected chi connectivity index (χ2v) is 8.99. The maximum Gasteiger partial charge on any atom is 0.409 e. The van der Waals surface area contributed by atoms with Crippen molar-refractivity contribution in [3.8, 4) is 11.3 Å². The van der Waals surface area contributed by atoms with Crippen LogP contribution in [0.25, 0.3) is 22.2 Å². The molecule has 8 nitrogen and oxygen atoms in total. The number of rotatable bonds is 6. The number of hydrogen-bond acceptors (Lipinski definition) is 6. The molecule has 0 spiro atoms. The van der Waals surface area contributed by atoms with Crippen molar-refractivity contribution < 1.29 is 23.9 Å². The van der Waals surface area contributed by atoms with Gasteiger partial charge in [0, 0.05) is 30.1 Å². The highest BCUT2D eigenvalue weighted by Gasteiger charge is 2.25. The molecule has 3 aromatic rings. The Morgan fingerprint density at radius 2 is 1.78 bits per heavy atom. The van der Waals surface area contributed by atoms with Crippen molar-refractivity contribution in [2.75, 3.05) is 26.3 Å². The number of aryl methyl sites for hydroxylation is 2. The monoisotopic (exact) mass is 489 g/mol. The average Bonchev–Trinajstić information content (AvgIpc) is 2.87. The Hall–Kier alpha value is -3.94. The van der Waals surface area contributed by atoms with Crippen LogP contribution < -0.4 is 5.32 Å². The van der Waals surface area contributed by atoms with E-state index in [9.17, 15) is 14.4 Å². The van der Waals surface area contributed by atoms with Gasteiger partial charge in [-0.05, 0) is 51.3 Å². The van der Waals surface area contributed by atoms with E-state index in [4.69, 9.17) is 14.5 Å². The standard InChI is InChI=1S/C28H31N3O5/c1-4-35-28(34)31-13-11-20(12-14-31)29-26(32)17-36-27(33)23-16-25(21-10-9-18(2)15-19(21)3)30-24-8-6-5-7-22(23)24/h5-10,15-16,20H,4,11-14,17H2,1-3H3,(H,29,32). The molecule has 0 aliphatic carbocycles. The first-order valence-corrected chi connectivity index (χ1v) is 12.2. The van der Waals surface area contributed by atoms with Gasteiger partial charge in [0.15, 0.2) is 6.61 Å². The maximum absolute atomic E-state index is 13.1. The van der Waals surface area contributed by atoms with Gasteiger partial charge in [0.05, 0.1) is 23.4 Å². The van der Waals surface area contributed by atoms with Crippen molar-refractivity contribution in [2.24, 2.45) is 0 Å². The molecule has 2 aromatic carbocycles. The summed E-state index contributed by atoms with van der Waals surface area (Å²) in [5.74, 6) is -0.946. The zero-order valence-corrected chi connectivity index (χ0v) is 20.9. The van der Waals surface area contributed by atoms with Gasteiger partial charge in [0.25, 0.3) is 5.91 Å². The van der Waals surface area contributed by atoms with Crippen LogP contribution in [0.2, 0.25) is 0 Å². The molecule has 1 aliphatic rings. The van der Waals surface area contributed by atoms with E-state index in [-0.39, 0.29) is 24.6 Å². The number of esters is 1. The largest absolute Gasteiger partial charge is 0.452 e. The van der Waals surface area contributed by atoms with E-state index in [0.717, 1.165) is 16.7 Å². The van der Waals surface area contributed by atoms with E-state index in [2.05, 4.69) is 11.4 Å². The summed E-state index contributed by atoms with van der Waals surface area (Å²) in [5, 5.41) is 3.57. The van der Waals surface area contributed by atoms with E-state index in [1.54, 1.807) is 17.9 Å². The molecule has 2 heterocycles. The first-order chi connectivity index (χ1) is 17.4. The van der Waals surface area contributed by atoms with E-state index < -0.39 is 5.97 Å². The van der Waals surface area contributed by atoms with Crippen LogP contribution in [-0.4, -0.2) is 60.2 Å². The molecular weight excluding hydrogens is 458 g/mol. The van der Waals surface area contributed by atoms with E-state index in [1.807, 2.05) is 50.2 Å². The molecule has 8 heteroatoms. The third-order valence-corrected chi connectivity index (χ3v) is 6.31. The predicted molar refractivity (Wildman–Crippen MR) is 137 cm³/mol. The Morgan fingerprint density at radius 3 is 2.50 bits per heavy atom. The summed E-state index contributed by atoms with van der Waals surface area (Å²) in [4.78, 5) is 43.8. The van der Waals surface area contributed by atoms with Crippen LogP contribution in [0.3, 0.4) is 0 Å². The van der Waals surface area contributed by atoms with E-state index in [1.165, 1.54) is 0 Å². The number of aromatic nitrogens is 1. The van der Waals surface area contributed by atoms with E-state index >= 15 is 0 Å². The fourth-order valence-electron chi connectivity index (χ4n) is 4.48. The van der Waals surface area contributed by atoms with E-state index in [0.29, 0.717) is 54.7 Å². The molecule has 1 saturated heterocycles. The first-order valence-electron chi connectivity index (χ1n) is 12.2. The number of carbonyl (C=O) groups is 3. The molecule has 1 aliphatic heterocycles. The molecule has 36 heavy (non-hydrogen) atoms. The third-order valence-electron chi connectivity index (χ3n) is 6.31. The molecule has 1 N–H and O–H groups in total. The number of pyridine rings is 1. The molecule has 0 bridgehead atoms. The predicted octanol–water partition coefficient (Wildman–Crippen LogP) is 4.41. The number of likely N-dealkylation sites (tertiary alicyclic amines) is 1. The van der Waals surface area contributed by atoms with Crippen molar-refractivity contribution >= 4 is 28.9 Å². The van der Waals surface area contributed by atoms with Gasteiger partial charge in [-0.15, -0.1) is 0 Å². The van der Waals surface area contributed by atoms with Gasteiger partial charge in [0.2, 0.25) is 0 Å². The Kier molecular flexibility index (Phi) is 7.83. The Bertz CT molecular complexity index is 1280. The highest BCUT2D eigenvalue weighted by Crippen LogP contribution is 2.28. The molecule has 0 unspecified atom stereocenters. The van der Waals surface area contributed by atoms with Gasteiger partial charge in [-0.2, -0.15) is 0 Å². The minimum absolute atomic E-state index is 0.0836. The number of nitrogens with one attached hydrogen (secondary N) is 1. The molecular formula is C28H31N3O5. The fourth-order valence-corrected chi connectivity index (χ4v) is 4.48. The van der Waals surface area contributed by atoms with Crippen molar-refractivity contribution in [2.45, 2.75) is 39.7 Å². The Balaban J connectivity index is 1.42. The summed E-state index contributed by atoms with van der Waals surface area (Å²) in [6.07, 6.45) is 0.903. The van der Waals surface area contributed by atoms with Gasteiger partial charge < -0.3 is 19.7 Å². The molecule has 1 fully saturated rings. The summed E-state index contributed by atoms with van der Waals surface area (Å²) >= 11 is 0. The second kappa shape index (κ2) is 11.2. The van der Waals surface area contributed by atoms with Crippen molar-refractivity contribution in [3.05, 3.63) is 65.2 Å². The number of para-hydroxylation sites is 1. The summed E-state index contributed by atoms with van der Waals surface area (Å²) in [5.41, 5.74) is 4.87. The number of carbonyl (C=O) groups excluding carboxylic acids is 3. The summed E-state index contributed by atoms with van der Waals surface area (Å²) in [7, 11) is 0. The van der Waals surface area contributed by atoms with Gasteiger partial charge in [-0.25, -0.2) is 14.6 Å². The highest BCUT2D eigenvalue weighted by molar-refractivity contribution is 6.05. The van der Waals surface area contributed by atoms with Gasteiger partial charge in [0.1, 0.15) is 0 Å². The quantitative estimate of drug-likeness (QED) is 0.515. The minimum Gasteiger partial charge on any atom is -0.452 e. The number of piperidine rings is 1. The van der Waals surface area contributed by atoms with Crippen LogP contribution >= 0.6 is 0 Å². The number of nitrogens with zero attached hydrogens (tertiary/aromatic N) is 2. The lowest BCUT2D eigenvalue weighted by Crippen LogP contribution is -2.47. The van der Waals surface area contributed by atoms with Crippen LogP contribution in [0.15, 0.2) is 48.5 Å². The van der Waals surface area contributed by atoms with Gasteiger partial charge in [-0.3, -0.25) is 4.79 Å². The number of amides is 2. The SMILES string of the molecule is CCOC(=O)N1CCC(NC(=O)COC(=O)c2cc(-c3ccc(C)cc3C)nc3ccccc23)CC1. The normalized spacial score (nSPS) is 13.9. The zero-order valence-electron chi connectivity index (χ0n) is 20.9. The van der Waals surface area contributed by atoms with Gasteiger partial charge in [-0.1, -0.05) is 42.0 Å². The van der Waals surface area contributed by atoms with Crippen LogP contribution in [0, 0.1) is 13.8 Å². The van der Waals surface area contributed by atoms with Crippen molar-refractivity contribution in [1.82, 2.24) is 15.2 Å². The second-order valence-electron chi connectivity index (χ2n) is 8.99. The molecule has 2 amide bonds. The molecule has 0 atom stereocenters. The Labute approximate surface area is 210 Å². The molecule has 0 radical (unpaired) electrons. The van der Waals surface area contributed by atoms with Crippen LogP contribution in [0.1, 0.15) is 41.3 Å². The maximum atomic E-state index is 13.1. The zero-order chi connectivity index (χ0) is 25.7. The topological polar surface area (TPSA) is 97.8 Å². The lowest BCUT2D eigenvalue weighted by molar-refractivity contribution is -0.125. The third kappa shape index (κ3) is 5.82. The summed E-state index contributed by atoms with van der Waals surface area (Å²) in [6, 6.07) is 15.1.